The fourth-order valence-corrected chi connectivity index (χ4v) is 11.1. The van der Waals surface area contributed by atoms with Gasteiger partial charge in [0.25, 0.3) is 0 Å². The number of fused-ring (bicyclic) bond motifs is 9. The number of piperidine rings is 6. The van der Waals surface area contributed by atoms with E-state index in [9.17, 15) is 0 Å². The Bertz CT molecular complexity index is 2280. The Balaban J connectivity index is 1.06. The third-order valence-electron chi connectivity index (χ3n) is 14.3. The number of methoxy groups -OCH3 is 2. The maximum atomic E-state index is 7.30. The molecule has 12 rings (SSSR count). The fraction of sp³-hybridized carbons (Fsp3) is 0.458. The van der Waals surface area contributed by atoms with Gasteiger partial charge in [-0.05, 0) is 123 Å². The number of aromatic nitrogens is 4. The van der Waals surface area contributed by atoms with Gasteiger partial charge in [-0.1, -0.05) is 38.8 Å². The van der Waals surface area contributed by atoms with Crippen molar-refractivity contribution in [2.75, 3.05) is 40.4 Å². The van der Waals surface area contributed by atoms with Crippen LogP contribution in [0, 0.1) is 23.7 Å². The number of benzene rings is 3. The molecule has 6 aliphatic rings. The molecule has 6 aliphatic heterocycles. The van der Waals surface area contributed by atoms with Crippen molar-refractivity contribution in [3.05, 3.63) is 96.3 Å². The lowest BCUT2D eigenvalue weighted by Gasteiger charge is -2.52. The van der Waals surface area contributed by atoms with E-state index in [0.29, 0.717) is 35.4 Å². The molecule has 0 spiro atoms. The first-order valence-corrected chi connectivity index (χ1v) is 21.5. The molecule has 300 valence electrons. The molecule has 4 bridgehead atoms. The SMILES string of the molecule is CCC1CN2CCC1C[C@H]2[C@@H](Oc1nnc(O[C@@H](c2ccnc3ccc(OC)cc23)[C@H]2C[C@@H]3CCN2CC3CC)c2ccccc12)c1ccnc2ccc(OC)cc12. The molecular formula is C48H54N6O4. The Hall–Kier alpha value is -5.06. The summed E-state index contributed by atoms with van der Waals surface area (Å²) in [6.45, 7) is 9.00. The third kappa shape index (κ3) is 6.58. The van der Waals surface area contributed by atoms with Crippen LogP contribution in [-0.4, -0.2) is 82.4 Å². The van der Waals surface area contributed by atoms with Gasteiger partial charge in [0.15, 0.2) is 0 Å². The van der Waals surface area contributed by atoms with Crippen LogP contribution in [0.4, 0.5) is 0 Å². The average molecular weight is 779 g/mol. The van der Waals surface area contributed by atoms with Gasteiger partial charge in [-0.3, -0.25) is 19.8 Å². The van der Waals surface area contributed by atoms with E-state index in [2.05, 4.69) is 72.2 Å². The minimum atomic E-state index is -0.300. The lowest BCUT2D eigenvalue weighted by molar-refractivity contribution is -0.0505. The summed E-state index contributed by atoms with van der Waals surface area (Å²) in [5.74, 6) is 5.39. The molecule has 5 unspecified atom stereocenters. The molecule has 10 atom stereocenters. The zero-order chi connectivity index (χ0) is 39.3. The smallest absolute Gasteiger partial charge is 0.242 e. The Morgan fingerprint density at radius 2 is 1.07 bits per heavy atom. The van der Waals surface area contributed by atoms with E-state index >= 15 is 0 Å². The monoisotopic (exact) mass is 778 g/mol. The van der Waals surface area contributed by atoms with Crippen molar-refractivity contribution >= 4 is 32.6 Å². The summed E-state index contributed by atoms with van der Waals surface area (Å²) in [5.41, 5.74) is 4.01. The van der Waals surface area contributed by atoms with Crippen LogP contribution in [0.1, 0.15) is 75.7 Å². The molecule has 0 aliphatic carbocycles. The summed E-state index contributed by atoms with van der Waals surface area (Å²) in [7, 11) is 3.42. The highest BCUT2D eigenvalue weighted by atomic mass is 16.5. The number of pyridine rings is 2. The second kappa shape index (κ2) is 15.6. The topological polar surface area (TPSA) is 95.0 Å². The second-order valence-electron chi connectivity index (χ2n) is 17.0. The minimum absolute atomic E-state index is 0.180. The minimum Gasteiger partial charge on any atom is -0.497 e. The molecule has 0 amide bonds. The van der Waals surface area contributed by atoms with Gasteiger partial charge in [-0.2, -0.15) is 0 Å². The molecule has 3 aromatic carbocycles. The summed E-state index contributed by atoms with van der Waals surface area (Å²) < 4.78 is 26.0. The van der Waals surface area contributed by atoms with Crippen molar-refractivity contribution in [3.63, 3.8) is 0 Å². The van der Waals surface area contributed by atoms with Gasteiger partial charge in [0.1, 0.15) is 23.7 Å². The second-order valence-corrected chi connectivity index (χ2v) is 17.0. The zero-order valence-corrected chi connectivity index (χ0v) is 34.1. The molecule has 10 nitrogen and oxygen atoms in total. The van der Waals surface area contributed by atoms with Gasteiger partial charge in [0.2, 0.25) is 11.8 Å². The molecule has 0 N–H and O–H groups in total. The van der Waals surface area contributed by atoms with Crippen molar-refractivity contribution in [3.8, 4) is 23.3 Å². The maximum Gasteiger partial charge on any atom is 0.242 e. The van der Waals surface area contributed by atoms with Crippen LogP contribution >= 0.6 is 0 Å². The van der Waals surface area contributed by atoms with Crippen LogP contribution in [-0.2, 0) is 0 Å². The van der Waals surface area contributed by atoms with E-state index in [0.717, 1.165) is 94.2 Å². The van der Waals surface area contributed by atoms with E-state index in [1.807, 2.05) is 36.7 Å². The van der Waals surface area contributed by atoms with Crippen molar-refractivity contribution < 1.29 is 18.9 Å². The molecule has 6 saturated heterocycles. The third-order valence-corrected chi connectivity index (χ3v) is 14.3. The Kier molecular flexibility index (Phi) is 10.0. The molecule has 0 saturated carbocycles. The highest BCUT2D eigenvalue weighted by Crippen LogP contribution is 2.47. The Morgan fingerprint density at radius 1 is 0.603 bits per heavy atom. The van der Waals surface area contributed by atoms with Crippen molar-refractivity contribution in [1.82, 2.24) is 30.0 Å². The molecule has 58 heavy (non-hydrogen) atoms. The molecule has 10 heteroatoms. The number of hydrogen-bond acceptors (Lipinski definition) is 10. The largest absolute Gasteiger partial charge is 0.497 e. The van der Waals surface area contributed by atoms with Crippen LogP contribution in [0.2, 0.25) is 0 Å². The van der Waals surface area contributed by atoms with Gasteiger partial charge in [-0.25, -0.2) is 0 Å². The molecule has 6 fully saturated rings. The predicted molar refractivity (Wildman–Crippen MR) is 227 cm³/mol. The highest BCUT2D eigenvalue weighted by molar-refractivity contribution is 5.91. The van der Waals surface area contributed by atoms with E-state index in [-0.39, 0.29) is 24.3 Å². The molecule has 3 aromatic heterocycles. The Morgan fingerprint density at radius 3 is 1.47 bits per heavy atom. The fourth-order valence-electron chi connectivity index (χ4n) is 11.1. The van der Waals surface area contributed by atoms with Gasteiger partial charge in [0, 0.05) is 47.4 Å². The first kappa shape index (κ1) is 37.2. The predicted octanol–water partition coefficient (Wildman–Crippen LogP) is 9.22. The first-order chi connectivity index (χ1) is 28.5. The summed E-state index contributed by atoms with van der Waals surface area (Å²) in [5, 5.41) is 13.7. The summed E-state index contributed by atoms with van der Waals surface area (Å²) >= 11 is 0. The highest BCUT2D eigenvalue weighted by Gasteiger charge is 2.46. The Labute approximate surface area is 340 Å². The van der Waals surface area contributed by atoms with E-state index < -0.39 is 0 Å². The first-order valence-electron chi connectivity index (χ1n) is 21.5. The van der Waals surface area contributed by atoms with Crippen LogP contribution in [0.3, 0.4) is 0 Å². The zero-order valence-electron chi connectivity index (χ0n) is 34.1. The molecular weight excluding hydrogens is 725 g/mol. The summed E-state index contributed by atoms with van der Waals surface area (Å²) in [6, 6.07) is 25.1. The molecule has 0 radical (unpaired) electrons. The van der Waals surface area contributed by atoms with Gasteiger partial charge in [0.05, 0.1) is 48.1 Å². The van der Waals surface area contributed by atoms with Crippen LogP contribution < -0.4 is 18.9 Å². The van der Waals surface area contributed by atoms with E-state index in [1.54, 1.807) is 14.2 Å². The van der Waals surface area contributed by atoms with Crippen LogP contribution in [0.5, 0.6) is 23.3 Å². The van der Waals surface area contributed by atoms with Gasteiger partial charge < -0.3 is 18.9 Å². The van der Waals surface area contributed by atoms with Crippen molar-refractivity contribution in [2.24, 2.45) is 23.7 Å². The van der Waals surface area contributed by atoms with Crippen molar-refractivity contribution in [2.45, 2.75) is 76.7 Å². The maximum absolute atomic E-state index is 7.30. The van der Waals surface area contributed by atoms with Gasteiger partial charge >= 0.3 is 0 Å². The average Bonchev–Trinajstić information content (AvgIpc) is 3.29. The molecule has 6 aromatic rings. The number of rotatable bonds is 12. The van der Waals surface area contributed by atoms with E-state index in [4.69, 9.17) is 39.1 Å². The summed E-state index contributed by atoms with van der Waals surface area (Å²) in [4.78, 5) is 14.8. The lowest BCUT2D eigenvalue weighted by atomic mass is 9.72. The molecule has 9 heterocycles. The summed E-state index contributed by atoms with van der Waals surface area (Å²) in [6.07, 6.45) is 10.2. The normalized spacial score (nSPS) is 27.4. The quantitative estimate of drug-likeness (QED) is 0.120. The van der Waals surface area contributed by atoms with E-state index in [1.165, 1.54) is 25.7 Å². The number of hydrogen-bond donors (Lipinski definition) is 0. The lowest BCUT2D eigenvalue weighted by Crippen LogP contribution is -2.56. The standard InChI is InChI=1S/C48H54N6O4/c1-5-29-27-53-21-17-31(29)23-43(53)45(35-15-19-49-41-13-11-33(55-3)25-39(35)41)57-47-37-9-7-8-10-38(37)48(52-51-47)58-46(44-24-32-18-22-54(44)28-30(32)6-2)36-16-20-50-42-14-12-34(56-4)26-40(36)42/h7-16,19-20,25-26,29-32,43-46H,5-6,17-18,21-24,27-28H2,1-4H3/t29?,30?,31-,32?,43+,44-,45-,46-/m0/s1. The number of nitrogens with zero attached hydrogens (tertiary/aromatic N) is 6. The number of ether oxygens (including phenoxy) is 4. The van der Waals surface area contributed by atoms with Gasteiger partial charge in [-0.15, -0.1) is 10.2 Å². The van der Waals surface area contributed by atoms with Crippen molar-refractivity contribution in [1.29, 1.82) is 0 Å². The van der Waals surface area contributed by atoms with Crippen LogP contribution in [0.25, 0.3) is 32.6 Å². The van der Waals surface area contributed by atoms with Crippen LogP contribution in [0.15, 0.2) is 85.2 Å².